The Morgan fingerprint density at radius 2 is 2.11 bits per heavy atom. The summed E-state index contributed by atoms with van der Waals surface area (Å²) in [5.74, 6) is 0.256. The average molecular weight is 306 g/mol. The second-order valence-corrected chi connectivity index (χ2v) is 4.69. The van der Waals surface area contributed by atoms with Crippen molar-refractivity contribution in [3.05, 3.63) is 52.1 Å². The average Bonchev–Trinajstić information content (AvgIpc) is 2.35. The van der Waals surface area contributed by atoms with Gasteiger partial charge in [-0.05, 0) is 36.8 Å². The number of halogens is 1. The van der Waals surface area contributed by atoms with Crippen molar-refractivity contribution in [3.63, 3.8) is 0 Å². The standard InChI is InChI=1S/C13H12BrN3O/c1-8-10(3-2-4-11(8)14)13(18)17-9-5-6-12(15)16-7-9/h2-7H,1H3,(H2,15,16)(H,17,18). The van der Waals surface area contributed by atoms with E-state index in [0.717, 1.165) is 10.0 Å². The lowest BCUT2D eigenvalue weighted by Gasteiger charge is -2.08. The number of amides is 1. The van der Waals surface area contributed by atoms with E-state index in [1.807, 2.05) is 19.1 Å². The number of pyridine rings is 1. The van der Waals surface area contributed by atoms with Crippen molar-refractivity contribution in [1.29, 1.82) is 0 Å². The highest BCUT2D eigenvalue weighted by Crippen LogP contribution is 2.20. The summed E-state index contributed by atoms with van der Waals surface area (Å²) in [6, 6.07) is 8.86. The van der Waals surface area contributed by atoms with Crippen molar-refractivity contribution < 1.29 is 4.79 Å². The molecule has 2 rings (SSSR count). The molecule has 0 atom stereocenters. The van der Waals surface area contributed by atoms with Gasteiger partial charge in [0.1, 0.15) is 5.82 Å². The lowest BCUT2D eigenvalue weighted by Crippen LogP contribution is -2.13. The Kier molecular flexibility index (Phi) is 3.62. The first-order valence-electron chi connectivity index (χ1n) is 5.36. The minimum Gasteiger partial charge on any atom is -0.384 e. The summed E-state index contributed by atoms with van der Waals surface area (Å²) in [5.41, 5.74) is 7.63. The molecule has 0 unspecified atom stereocenters. The third-order valence-corrected chi connectivity index (χ3v) is 3.42. The van der Waals surface area contributed by atoms with E-state index >= 15 is 0 Å². The molecule has 18 heavy (non-hydrogen) atoms. The molecule has 1 heterocycles. The first-order valence-corrected chi connectivity index (χ1v) is 6.15. The van der Waals surface area contributed by atoms with Gasteiger partial charge in [-0.1, -0.05) is 22.0 Å². The summed E-state index contributed by atoms with van der Waals surface area (Å²) in [7, 11) is 0. The Balaban J connectivity index is 2.22. The van der Waals surface area contributed by atoms with Crippen LogP contribution in [0.15, 0.2) is 41.0 Å². The molecule has 4 nitrogen and oxygen atoms in total. The summed E-state index contributed by atoms with van der Waals surface area (Å²) in [6.07, 6.45) is 1.53. The molecule has 1 aromatic heterocycles. The Bertz CT molecular complexity index is 581. The summed E-state index contributed by atoms with van der Waals surface area (Å²) in [4.78, 5) is 16.0. The SMILES string of the molecule is Cc1c(Br)cccc1C(=O)Nc1ccc(N)nc1. The number of nitrogen functional groups attached to an aromatic ring is 1. The summed E-state index contributed by atoms with van der Waals surface area (Å²) >= 11 is 3.40. The quantitative estimate of drug-likeness (QED) is 0.896. The lowest BCUT2D eigenvalue weighted by atomic mass is 10.1. The van der Waals surface area contributed by atoms with Gasteiger partial charge in [-0.3, -0.25) is 4.79 Å². The zero-order valence-corrected chi connectivity index (χ0v) is 11.4. The largest absolute Gasteiger partial charge is 0.384 e. The Labute approximate surface area is 113 Å². The third-order valence-electron chi connectivity index (χ3n) is 2.56. The van der Waals surface area contributed by atoms with Crippen LogP contribution >= 0.6 is 15.9 Å². The molecule has 0 saturated heterocycles. The summed E-state index contributed by atoms with van der Waals surface area (Å²) in [6.45, 7) is 1.89. The highest BCUT2D eigenvalue weighted by Gasteiger charge is 2.10. The molecule has 3 N–H and O–H groups in total. The highest BCUT2D eigenvalue weighted by molar-refractivity contribution is 9.10. The van der Waals surface area contributed by atoms with Crippen LogP contribution < -0.4 is 11.1 Å². The number of benzene rings is 1. The van der Waals surface area contributed by atoms with Gasteiger partial charge < -0.3 is 11.1 Å². The highest BCUT2D eigenvalue weighted by atomic mass is 79.9. The number of hydrogen-bond donors (Lipinski definition) is 2. The molecule has 0 aliphatic rings. The number of hydrogen-bond acceptors (Lipinski definition) is 3. The number of nitrogens with one attached hydrogen (secondary N) is 1. The fraction of sp³-hybridized carbons (Fsp3) is 0.0769. The molecule has 0 bridgehead atoms. The monoisotopic (exact) mass is 305 g/mol. The van der Waals surface area contributed by atoms with Crippen LogP contribution in [0.1, 0.15) is 15.9 Å². The van der Waals surface area contributed by atoms with Gasteiger partial charge in [-0.25, -0.2) is 4.98 Å². The normalized spacial score (nSPS) is 10.1. The van der Waals surface area contributed by atoms with Crippen molar-refractivity contribution in [3.8, 4) is 0 Å². The van der Waals surface area contributed by atoms with Gasteiger partial charge in [0.05, 0.1) is 11.9 Å². The van der Waals surface area contributed by atoms with Crippen LogP contribution in [0.4, 0.5) is 11.5 Å². The van der Waals surface area contributed by atoms with Crippen molar-refractivity contribution in [2.75, 3.05) is 11.1 Å². The molecular weight excluding hydrogens is 294 g/mol. The minimum atomic E-state index is -0.166. The van der Waals surface area contributed by atoms with Gasteiger partial charge in [0.15, 0.2) is 0 Å². The lowest BCUT2D eigenvalue weighted by molar-refractivity contribution is 0.102. The first-order chi connectivity index (χ1) is 8.58. The molecule has 0 aliphatic carbocycles. The number of aromatic nitrogens is 1. The molecule has 1 aromatic carbocycles. The zero-order chi connectivity index (χ0) is 13.1. The van der Waals surface area contributed by atoms with Crippen molar-refractivity contribution in [1.82, 2.24) is 4.98 Å². The maximum atomic E-state index is 12.1. The van der Waals surface area contributed by atoms with Crippen LogP contribution in [0.25, 0.3) is 0 Å². The van der Waals surface area contributed by atoms with E-state index in [4.69, 9.17) is 5.73 Å². The van der Waals surface area contributed by atoms with Crippen molar-refractivity contribution in [2.24, 2.45) is 0 Å². The summed E-state index contributed by atoms with van der Waals surface area (Å²) < 4.78 is 0.908. The van der Waals surface area contributed by atoms with Gasteiger partial charge >= 0.3 is 0 Å². The third kappa shape index (κ3) is 2.68. The van der Waals surface area contributed by atoms with E-state index in [1.54, 1.807) is 18.2 Å². The number of carbonyl (C=O) groups is 1. The van der Waals surface area contributed by atoms with Gasteiger partial charge in [-0.15, -0.1) is 0 Å². The number of nitrogens with zero attached hydrogens (tertiary/aromatic N) is 1. The van der Waals surface area contributed by atoms with Crippen molar-refractivity contribution in [2.45, 2.75) is 6.92 Å². The molecule has 0 aliphatic heterocycles. The Hall–Kier alpha value is -1.88. The maximum absolute atomic E-state index is 12.1. The van der Waals surface area contributed by atoms with Crippen LogP contribution in [0.5, 0.6) is 0 Å². The Morgan fingerprint density at radius 1 is 1.33 bits per heavy atom. The molecular formula is C13H12BrN3O. The van der Waals surface area contributed by atoms with Gasteiger partial charge in [-0.2, -0.15) is 0 Å². The number of nitrogens with two attached hydrogens (primary N) is 1. The molecule has 0 spiro atoms. The van der Waals surface area contributed by atoms with Gasteiger partial charge in [0, 0.05) is 10.0 Å². The van der Waals surface area contributed by atoms with Crippen LogP contribution in [-0.2, 0) is 0 Å². The molecule has 0 saturated carbocycles. The van der Waals surface area contributed by atoms with Crippen LogP contribution in [0.2, 0.25) is 0 Å². The topological polar surface area (TPSA) is 68.0 Å². The van der Waals surface area contributed by atoms with E-state index in [1.165, 1.54) is 6.20 Å². The number of rotatable bonds is 2. The van der Waals surface area contributed by atoms with Crippen LogP contribution in [0, 0.1) is 6.92 Å². The number of carbonyl (C=O) groups excluding carboxylic acids is 1. The molecule has 1 amide bonds. The van der Waals surface area contributed by atoms with Crippen LogP contribution in [0.3, 0.4) is 0 Å². The fourth-order valence-electron chi connectivity index (χ4n) is 1.53. The first kappa shape index (κ1) is 12.6. The van der Waals surface area contributed by atoms with E-state index < -0.39 is 0 Å². The van der Waals surface area contributed by atoms with E-state index in [0.29, 0.717) is 17.1 Å². The summed E-state index contributed by atoms with van der Waals surface area (Å²) in [5, 5.41) is 2.78. The second-order valence-electron chi connectivity index (χ2n) is 3.84. The smallest absolute Gasteiger partial charge is 0.256 e. The molecule has 0 radical (unpaired) electrons. The van der Waals surface area contributed by atoms with Gasteiger partial charge in [0.2, 0.25) is 0 Å². The molecule has 92 valence electrons. The van der Waals surface area contributed by atoms with Crippen LogP contribution in [-0.4, -0.2) is 10.9 Å². The minimum absolute atomic E-state index is 0.166. The molecule has 0 fully saturated rings. The Morgan fingerprint density at radius 3 is 2.78 bits per heavy atom. The molecule has 2 aromatic rings. The van der Waals surface area contributed by atoms with E-state index in [9.17, 15) is 4.79 Å². The fourth-order valence-corrected chi connectivity index (χ4v) is 1.90. The second kappa shape index (κ2) is 5.18. The van der Waals surface area contributed by atoms with Crippen molar-refractivity contribution >= 4 is 33.3 Å². The van der Waals surface area contributed by atoms with E-state index in [2.05, 4.69) is 26.2 Å². The molecule has 5 heteroatoms. The predicted octanol–water partition coefficient (Wildman–Crippen LogP) is 2.99. The zero-order valence-electron chi connectivity index (χ0n) is 9.77. The maximum Gasteiger partial charge on any atom is 0.256 e. The van der Waals surface area contributed by atoms with E-state index in [-0.39, 0.29) is 5.91 Å². The number of anilines is 2. The van der Waals surface area contributed by atoms with Gasteiger partial charge in [0.25, 0.3) is 5.91 Å². The predicted molar refractivity (Wildman–Crippen MR) is 75.5 cm³/mol.